The molecular formula is C11H24N2O2. The van der Waals surface area contributed by atoms with Crippen molar-refractivity contribution in [2.45, 2.75) is 39.2 Å². The van der Waals surface area contributed by atoms with E-state index in [-0.39, 0.29) is 5.91 Å². The monoisotopic (exact) mass is 216 g/mol. The molecule has 0 aromatic rings. The molecule has 0 radical (unpaired) electrons. The number of nitrogens with zero attached hydrogens (tertiary/aromatic N) is 1. The first-order valence-corrected chi connectivity index (χ1v) is 5.64. The number of likely N-dealkylation sites (N-methyl/N-ethyl adjacent to an activating group) is 1. The fourth-order valence-electron chi connectivity index (χ4n) is 1.38. The Kier molecular flexibility index (Phi) is 6.52. The Morgan fingerprint density at radius 1 is 1.33 bits per heavy atom. The summed E-state index contributed by atoms with van der Waals surface area (Å²) in [6.45, 7) is 7.67. The standard InChI is InChI=1S/C11H24N2O2/c1-5-11(12,6-2)10(14)13(4)8-9-15-7-3/h5-9,12H2,1-4H3. The molecule has 90 valence electrons. The zero-order valence-electron chi connectivity index (χ0n) is 10.4. The predicted molar refractivity (Wildman–Crippen MR) is 61.6 cm³/mol. The topological polar surface area (TPSA) is 55.6 Å². The lowest BCUT2D eigenvalue weighted by Crippen LogP contribution is -2.54. The molecule has 0 unspecified atom stereocenters. The lowest BCUT2D eigenvalue weighted by Gasteiger charge is -2.30. The second kappa shape index (κ2) is 6.80. The third-order valence-corrected chi connectivity index (χ3v) is 2.81. The van der Waals surface area contributed by atoms with Crippen LogP contribution in [-0.4, -0.2) is 43.2 Å². The van der Waals surface area contributed by atoms with Crippen LogP contribution in [0.2, 0.25) is 0 Å². The number of carbonyl (C=O) groups excluding carboxylic acids is 1. The zero-order valence-corrected chi connectivity index (χ0v) is 10.4. The van der Waals surface area contributed by atoms with Gasteiger partial charge in [-0.05, 0) is 19.8 Å². The van der Waals surface area contributed by atoms with Gasteiger partial charge in [0, 0.05) is 20.2 Å². The van der Waals surface area contributed by atoms with Gasteiger partial charge in [0.25, 0.3) is 0 Å². The van der Waals surface area contributed by atoms with Crippen molar-refractivity contribution in [1.29, 1.82) is 0 Å². The van der Waals surface area contributed by atoms with Crippen molar-refractivity contribution in [3.63, 3.8) is 0 Å². The lowest BCUT2D eigenvalue weighted by atomic mass is 9.92. The van der Waals surface area contributed by atoms with E-state index in [9.17, 15) is 4.79 Å². The van der Waals surface area contributed by atoms with E-state index in [1.165, 1.54) is 0 Å². The van der Waals surface area contributed by atoms with Crippen LogP contribution in [0.15, 0.2) is 0 Å². The molecule has 0 spiro atoms. The second-order valence-corrected chi connectivity index (χ2v) is 3.79. The minimum absolute atomic E-state index is 0.00667. The first-order chi connectivity index (χ1) is 7.01. The Bertz CT molecular complexity index is 191. The Labute approximate surface area is 92.8 Å². The van der Waals surface area contributed by atoms with Crippen molar-refractivity contribution in [3.8, 4) is 0 Å². The molecule has 0 aliphatic heterocycles. The molecule has 0 aromatic carbocycles. The molecule has 0 aromatic heterocycles. The van der Waals surface area contributed by atoms with Gasteiger partial charge in [-0.15, -0.1) is 0 Å². The van der Waals surface area contributed by atoms with Crippen molar-refractivity contribution in [2.24, 2.45) is 5.73 Å². The number of hydrogen-bond acceptors (Lipinski definition) is 3. The summed E-state index contributed by atoms with van der Waals surface area (Å²) in [6.07, 6.45) is 1.34. The molecule has 0 rings (SSSR count). The van der Waals surface area contributed by atoms with Gasteiger partial charge >= 0.3 is 0 Å². The van der Waals surface area contributed by atoms with Crippen LogP contribution in [-0.2, 0) is 9.53 Å². The first-order valence-electron chi connectivity index (χ1n) is 5.64. The van der Waals surface area contributed by atoms with E-state index in [2.05, 4.69) is 0 Å². The SMILES string of the molecule is CCOCCN(C)C(=O)C(N)(CC)CC. The molecule has 0 bridgehead atoms. The van der Waals surface area contributed by atoms with Crippen LogP contribution in [0.5, 0.6) is 0 Å². The molecule has 4 nitrogen and oxygen atoms in total. The maximum Gasteiger partial charge on any atom is 0.242 e. The normalized spacial score (nSPS) is 11.5. The summed E-state index contributed by atoms with van der Waals surface area (Å²) in [5.41, 5.74) is 5.31. The van der Waals surface area contributed by atoms with Gasteiger partial charge in [0.15, 0.2) is 0 Å². The van der Waals surface area contributed by atoms with Gasteiger partial charge in [-0.25, -0.2) is 0 Å². The number of amides is 1. The lowest BCUT2D eigenvalue weighted by molar-refractivity contribution is -0.136. The molecule has 15 heavy (non-hydrogen) atoms. The number of hydrogen-bond donors (Lipinski definition) is 1. The van der Waals surface area contributed by atoms with Crippen LogP contribution >= 0.6 is 0 Å². The molecule has 0 atom stereocenters. The summed E-state index contributed by atoms with van der Waals surface area (Å²) < 4.78 is 5.20. The second-order valence-electron chi connectivity index (χ2n) is 3.79. The molecule has 1 amide bonds. The van der Waals surface area contributed by atoms with Crippen LogP contribution in [0.4, 0.5) is 0 Å². The molecule has 0 saturated heterocycles. The van der Waals surface area contributed by atoms with Crippen LogP contribution in [0.25, 0.3) is 0 Å². The van der Waals surface area contributed by atoms with E-state index >= 15 is 0 Å². The molecular weight excluding hydrogens is 192 g/mol. The number of carbonyl (C=O) groups is 1. The Hall–Kier alpha value is -0.610. The highest BCUT2D eigenvalue weighted by molar-refractivity contribution is 5.85. The minimum atomic E-state index is -0.707. The summed E-state index contributed by atoms with van der Waals surface area (Å²) in [7, 11) is 1.77. The average molecular weight is 216 g/mol. The van der Waals surface area contributed by atoms with E-state index in [4.69, 9.17) is 10.5 Å². The number of ether oxygens (including phenoxy) is 1. The van der Waals surface area contributed by atoms with Gasteiger partial charge in [0.05, 0.1) is 12.1 Å². The van der Waals surface area contributed by atoms with Crippen LogP contribution in [0, 0.1) is 0 Å². The van der Waals surface area contributed by atoms with Gasteiger partial charge in [-0.3, -0.25) is 4.79 Å². The van der Waals surface area contributed by atoms with E-state index in [1.807, 2.05) is 20.8 Å². The van der Waals surface area contributed by atoms with Crippen LogP contribution < -0.4 is 5.73 Å². The van der Waals surface area contributed by atoms with Gasteiger partial charge in [0.1, 0.15) is 0 Å². The van der Waals surface area contributed by atoms with Crippen molar-refractivity contribution < 1.29 is 9.53 Å². The average Bonchev–Trinajstić information content (AvgIpc) is 2.27. The highest BCUT2D eigenvalue weighted by atomic mass is 16.5. The van der Waals surface area contributed by atoms with Crippen LogP contribution in [0.1, 0.15) is 33.6 Å². The summed E-state index contributed by atoms with van der Waals surface area (Å²) in [5, 5.41) is 0. The summed E-state index contributed by atoms with van der Waals surface area (Å²) in [6, 6.07) is 0. The molecule has 4 heteroatoms. The Balaban J connectivity index is 4.17. The summed E-state index contributed by atoms with van der Waals surface area (Å²) >= 11 is 0. The Morgan fingerprint density at radius 3 is 2.27 bits per heavy atom. The smallest absolute Gasteiger partial charge is 0.242 e. The summed E-state index contributed by atoms with van der Waals surface area (Å²) in [4.78, 5) is 13.6. The van der Waals surface area contributed by atoms with E-state index < -0.39 is 5.54 Å². The molecule has 0 saturated carbocycles. The highest BCUT2D eigenvalue weighted by Crippen LogP contribution is 2.14. The predicted octanol–water partition coefficient (Wildman–Crippen LogP) is 0.999. The zero-order chi connectivity index (χ0) is 11.9. The Morgan fingerprint density at radius 2 is 1.87 bits per heavy atom. The van der Waals surface area contributed by atoms with Crippen molar-refractivity contribution >= 4 is 5.91 Å². The van der Waals surface area contributed by atoms with Gasteiger partial charge in [-0.2, -0.15) is 0 Å². The van der Waals surface area contributed by atoms with Crippen molar-refractivity contribution in [1.82, 2.24) is 4.90 Å². The number of rotatable bonds is 7. The van der Waals surface area contributed by atoms with Gasteiger partial charge in [-0.1, -0.05) is 13.8 Å². The fourth-order valence-corrected chi connectivity index (χ4v) is 1.38. The largest absolute Gasteiger partial charge is 0.380 e. The molecule has 0 aliphatic rings. The van der Waals surface area contributed by atoms with Crippen molar-refractivity contribution in [3.05, 3.63) is 0 Å². The third-order valence-electron chi connectivity index (χ3n) is 2.81. The number of nitrogens with two attached hydrogens (primary N) is 1. The van der Waals surface area contributed by atoms with Crippen molar-refractivity contribution in [2.75, 3.05) is 26.8 Å². The van der Waals surface area contributed by atoms with Gasteiger partial charge < -0.3 is 15.4 Å². The van der Waals surface area contributed by atoms with E-state index in [1.54, 1.807) is 11.9 Å². The third kappa shape index (κ3) is 4.18. The quantitative estimate of drug-likeness (QED) is 0.646. The highest BCUT2D eigenvalue weighted by Gasteiger charge is 2.32. The minimum Gasteiger partial charge on any atom is -0.380 e. The fraction of sp³-hybridized carbons (Fsp3) is 0.909. The van der Waals surface area contributed by atoms with Crippen LogP contribution in [0.3, 0.4) is 0 Å². The summed E-state index contributed by atoms with van der Waals surface area (Å²) in [5.74, 6) is 0.00667. The maximum absolute atomic E-state index is 12.0. The molecule has 0 heterocycles. The molecule has 0 aliphatic carbocycles. The molecule has 2 N–H and O–H groups in total. The van der Waals surface area contributed by atoms with Gasteiger partial charge in [0.2, 0.25) is 5.91 Å². The van der Waals surface area contributed by atoms with E-state index in [0.29, 0.717) is 32.6 Å². The first kappa shape index (κ1) is 14.4. The molecule has 0 fully saturated rings. The maximum atomic E-state index is 12.0. The van der Waals surface area contributed by atoms with E-state index in [0.717, 1.165) is 0 Å².